The summed E-state index contributed by atoms with van der Waals surface area (Å²) in [5, 5.41) is 9.13. The highest BCUT2D eigenvalue weighted by Gasteiger charge is 2.00. The molecule has 1 N–H and O–H groups in total. The molecular weight excluding hydrogens is 200 g/mol. The number of carbonyl (C=O) groups is 1. The van der Waals surface area contributed by atoms with Crippen LogP contribution in [-0.4, -0.2) is 35.1 Å². The lowest BCUT2D eigenvalue weighted by Gasteiger charge is -2.05. The molecule has 0 spiro atoms. The van der Waals surface area contributed by atoms with Crippen molar-refractivity contribution in [1.29, 1.82) is 0 Å². The summed E-state index contributed by atoms with van der Waals surface area (Å²) in [4.78, 5) is 17.5. The van der Waals surface area contributed by atoms with Crippen molar-refractivity contribution in [3.05, 3.63) is 22.2 Å². The van der Waals surface area contributed by atoms with E-state index in [1.54, 1.807) is 6.20 Å². The van der Waals surface area contributed by atoms with Gasteiger partial charge in [0.05, 0.1) is 0 Å². The lowest BCUT2D eigenvalue weighted by molar-refractivity contribution is -0.131. The fourth-order valence-electron chi connectivity index (χ4n) is 0.927. The van der Waals surface area contributed by atoms with Gasteiger partial charge in [-0.05, 0) is 20.2 Å². The van der Waals surface area contributed by atoms with Crippen molar-refractivity contribution in [3.8, 4) is 0 Å². The van der Waals surface area contributed by atoms with E-state index in [-0.39, 0.29) is 0 Å². The maximum absolute atomic E-state index is 10.2. The van der Waals surface area contributed by atoms with Crippen LogP contribution in [0.15, 0.2) is 12.3 Å². The number of carboxylic acids is 1. The molecule has 0 aliphatic heterocycles. The van der Waals surface area contributed by atoms with Gasteiger partial charge in [-0.15, -0.1) is 11.3 Å². The van der Waals surface area contributed by atoms with Crippen molar-refractivity contribution < 1.29 is 9.90 Å². The topological polar surface area (TPSA) is 53.4 Å². The molecule has 0 radical (unpaired) electrons. The van der Waals surface area contributed by atoms with Crippen molar-refractivity contribution in [3.63, 3.8) is 0 Å². The number of hydrogen-bond acceptors (Lipinski definition) is 4. The predicted molar refractivity (Wildman–Crippen MR) is 56.2 cm³/mol. The van der Waals surface area contributed by atoms with Gasteiger partial charge in [-0.25, -0.2) is 9.78 Å². The van der Waals surface area contributed by atoms with Gasteiger partial charge >= 0.3 is 5.97 Å². The molecule has 0 fully saturated rings. The molecule has 4 nitrogen and oxygen atoms in total. The first kappa shape index (κ1) is 10.9. The van der Waals surface area contributed by atoms with E-state index in [1.165, 1.54) is 17.4 Å². The van der Waals surface area contributed by atoms with Gasteiger partial charge in [0.25, 0.3) is 0 Å². The van der Waals surface area contributed by atoms with Gasteiger partial charge in [-0.3, -0.25) is 0 Å². The second-order valence-electron chi connectivity index (χ2n) is 3.07. The summed E-state index contributed by atoms with van der Waals surface area (Å²) in [5.74, 6) is -0.950. The molecule has 14 heavy (non-hydrogen) atoms. The SMILES string of the molecule is CN(C)Cc1cnc(/C=C/C(=O)O)s1. The molecule has 0 unspecified atom stereocenters. The molecule has 0 saturated carbocycles. The van der Waals surface area contributed by atoms with Gasteiger partial charge in [0.2, 0.25) is 0 Å². The monoisotopic (exact) mass is 212 g/mol. The molecule has 1 aromatic rings. The van der Waals surface area contributed by atoms with Gasteiger partial charge < -0.3 is 10.0 Å². The van der Waals surface area contributed by atoms with Crippen LogP contribution in [-0.2, 0) is 11.3 Å². The normalized spacial score (nSPS) is 11.4. The molecule has 1 aromatic heterocycles. The van der Waals surface area contributed by atoms with E-state index in [0.29, 0.717) is 0 Å². The van der Waals surface area contributed by atoms with Gasteiger partial charge in [-0.2, -0.15) is 0 Å². The maximum Gasteiger partial charge on any atom is 0.328 e. The third-order valence-corrected chi connectivity index (χ3v) is 2.36. The highest BCUT2D eigenvalue weighted by Crippen LogP contribution is 2.15. The first-order valence-electron chi connectivity index (χ1n) is 4.08. The molecule has 0 aliphatic carbocycles. The van der Waals surface area contributed by atoms with Crippen LogP contribution >= 0.6 is 11.3 Å². The summed E-state index contributed by atoms with van der Waals surface area (Å²) >= 11 is 1.50. The first-order chi connectivity index (χ1) is 6.58. The summed E-state index contributed by atoms with van der Waals surface area (Å²) < 4.78 is 0. The number of rotatable bonds is 4. The van der Waals surface area contributed by atoms with Gasteiger partial charge in [0.1, 0.15) is 5.01 Å². The molecule has 0 amide bonds. The third kappa shape index (κ3) is 3.68. The molecule has 5 heteroatoms. The molecule has 1 heterocycles. The Morgan fingerprint density at radius 2 is 2.43 bits per heavy atom. The maximum atomic E-state index is 10.2. The number of thiazole rings is 1. The molecule has 0 atom stereocenters. The number of carboxylic acid groups (broad SMARTS) is 1. The van der Waals surface area contributed by atoms with Crippen molar-refractivity contribution in [2.45, 2.75) is 6.54 Å². The number of aliphatic carboxylic acids is 1. The van der Waals surface area contributed by atoms with Crippen LogP contribution < -0.4 is 0 Å². The summed E-state index contributed by atoms with van der Waals surface area (Å²) in [6, 6.07) is 0. The Morgan fingerprint density at radius 1 is 1.71 bits per heavy atom. The second kappa shape index (κ2) is 4.88. The zero-order valence-electron chi connectivity index (χ0n) is 8.10. The molecule has 76 valence electrons. The Morgan fingerprint density at radius 3 is 3.00 bits per heavy atom. The summed E-state index contributed by atoms with van der Waals surface area (Å²) in [6.07, 6.45) is 4.37. The summed E-state index contributed by atoms with van der Waals surface area (Å²) in [5.41, 5.74) is 0. The van der Waals surface area contributed by atoms with Gasteiger partial charge in [0, 0.05) is 23.7 Å². The van der Waals surface area contributed by atoms with Gasteiger partial charge in [0.15, 0.2) is 0 Å². The van der Waals surface area contributed by atoms with E-state index in [4.69, 9.17) is 5.11 Å². The van der Waals surface area contributed by atoms with Crippen molar-refractivity contribution in [2.75, 3.05) is 14.1 Å². The molecule has 0 saturated heterocycles. The minimum absolute atomic E-state index is 0.726. The van der Waals surface area contributed by atoms with E-state index < -0.39 is 5.97 Å². The van der Waals surface area contributed by atoms with E-state index in [1.807, 2.05) is 19.0 Å². The Bertz CT molecular complexity index is 344. The Balaban J connectivity index is 2.63. The van der Waals surface area contributed by atoms with Crippen molar-refractivity contribution in [2.24, 2.45) is 0 Å². The average Bonchev–Trinajstić information content (AvgIpc) is 2.47. The minimum atomic E-state index is -0.950. The zero-order valence-corrected chi connectivity index (χ0v) is 8.91. The van der Waals surface area contributed by atoms with Crippen LogP contribution in [0.4, 0.5) is 0 Å². The zero-order chi connectivity index (χ0) is 10.6. The molecule has 0 aliphatic rings. The number of hydrogen-bond donors (Lipinski definition) is 1. The predicted octanol–water partition coefficient (Wildman–Crippen LogP) is 1.30. The standard InChI is InChI=1S/C9H12N2O2S/c1-11(2)6-7-5-10-8(14-7)3-4-9(12)13/h3-5H,6H2,1-2H3,(H,12,13)/b4-3+. The average molecular weight is 212 g/mol. The van der Waals surface area contributed by atoms with E-state index in [2.05, 4.69) is 4.98 Å². The van der Waals surface area contributed by atoms with E-state index in [0.717, 1.165) is 22.5 Å². The van der Waals surface area contributed by atoms with Gasteiger partial charge in [-0.1, -0.05) is 0 Å². The molecule has 0 aromatic carbocycles. The van der Waals surface area contributed by atoms with Crippen LogP contribution in [0.5, 0.6) is 0 Å². The van der Waals surface area contributed by atoms with Crippen LogP contribution in [0.2, 0.25) is 0 Å². The van der Waals surface area contributed by atoms with Crippen molar-refractivity contribution >= 4 is 23.4 Å². The van der Waals surface area contributed by atoms with Crippen LogP contribution in [0.25, 0.3) is 6.08 Å². The summed E-state index contributed by atoms with van der Waals surface area (Å²) in [6.45, 7) is 0.832. The lowest BCUT2D eigenvalue weighted by Crippen LogP contribution is -2.09. The largest absolute Gasteiger partial charge is 0.478 e. The van der Waals surface area contributed by atoms with Crippen LogP contribution in [0.3, 0.4) is 0 Å². The van der Waals surface area contributed by atoms with E-state index in [9.17, 15) is 4.79 Å². The Kier molecular flexibility index (Phi) is 3.79. The fraction of sp³-hybridized carbons (Fsp3) is 0.333. The third-order valence-electron chi connectivity index (χ3n) is 1.41. The lowest BCUT2D eigenvalue weighted by atomic mass is 10.5. The van der Waals surface area contributed by atoms with Crippen LogP contribution in [0, 0.1) is 0 Å². The fourth-order valence-corrected chi connectivity index (χ4v) is 1.87. The Hall–Kier alpha value is -1.20. The number of aromatic nitrogens is 1. The second-order valence-corrected chi connectivity index (χ2v) is 4.22. The quantitative estimate of drug-likeness (QED) is 0.764. The minimum Gasteiger partial charge on any atom is -0.478 e. The van der Waals surface area contributed by atoms with Crippen LogP contribution in [0.1, 0.15) is 9.88 Å². The Labute approximate surface area is 86.5 Å². The molecular formula is C9H12N2O2S. The first-order valence-corrected chi connectivity index (χ1v) is 4.90. The van der Waals surface area contributed by atoms with E-state index >= 15 is 0 Å². The highest BCUT2D eigenvalue weighted by atomic mass is 32.1. The molecule has 1 rings (SSSR count). The van der Waals surface area contributed by atoms with Crippen molar-refractivity contribution in [1.82, 2.24) is 9.88 Å². The number of nitrogens with zero attached hydrogens (tertiary/aromatic N) is 2. The smallest absolute Gasteiger partial charge is 0.328 e. The highest BCUT2D eigenvalue weighted by molar-refractivity contribution is 7.12. The summed E-state index contributed by atoms with van der Waals surface area (Å²) in [7, 11) is 3.96. The molecule has 0 bridgehead atoms.